The number of fused-ring (bicyclic) bond motifs is 1. The molecule has 2 N–H and O–H groups in total. The molecule has 2 aromatic carbocycles. The fourth-order valence-corrected chi connectivity index (χ4v) is 3.74. The Morgan fingerprint density at radius 1 is 1.14 bits per heavy atom. The number of rotatable bonds is 10. The van der Waals surface area contributed by atoms with Crippen molar-refractivity contribution in [2.45, 2.75) is 32.6 Å². The Labute approximate surface area is 172 Å². The first kappa shape index (κ1) is 20.9. The molecular weight excluding hydrogens is 364 g/mol. The standard InChI is InChI=1S/C24H30N2O3/c1-4-17-7-6-8-20-22(16-26-24(17)20)21(15-23(27)25-13-14-28-3)18-9-11-19(12-10-18)29-5-2/h6-12,16,21,26H,4-5,13-15H2,1-3H3,(H,25,27). The number of hydrogen-bond acceptors (Lipinski definition) is 3. The molecule has 1 unspecified atom stereocenters. The molecule has 1 atom stereocenters. The number of para-hydroxylation sites is 1. The molecule has 0 aliphatic carbocycles. The number of aromatic nitrogens is 1. The largest absolute Gasteiger partial charge is 0.494 e. The molecule has 1 aromatic heterocycles. The molecule has 154 valence electrons. The van der Waals surface area contributed by atoms with Gasteiger partial charge in [-0.1, -0.05) is 37.3 Å². The topological polar surface area (TPSA) is 63.4 Å². The van der Waals surface area contributed by atoms with Crippen LogP contribution in [0.25, 0.3) is 10.9 Å². The number of aryl methyl sites for hydroxylation is 1. The minimum absolute atomic E-state index is 0.0157. The van der Waals surface area contributed by atoms with E-state index in [2.05, 4.69) is 47.6 Å². The van der Waals surface area contributed by atoms with Gasteiger partial charge in [0.05, 0.1) is 13.2 Å². The number of methoxy groups -OCH3 is 1. The van der Waals surface area contributed by atoms with Gasteiger partial charge in [-0.3, -0.25) is 4.79 Å². The number of carbonyl (C=O) groups is 1. The van der Waals surface area contributed by atoms with Crippen LogP contribution in [0.2, 0.25) is 0 Å². The van der Waals surface area contributed by atoms with Gasteiger partial charge in [0.25, 0.3) is 0 Å². The predicted octanol–water partition coefficient (Wildman–Crippen LogP) is 4.41. The Kier molecular flexibility index (Phi) is 7.30. The lowest BCUT2D eigenvalue weighted by molar-refractivity contribution is -0.121. The lowest BCUT2D eigenvalue weighted by atomic mass is 9.87. The van der Waals surface area contributed by atoms with Crippen LogP contribution in [-0.2, 0) is 16.0 Å². The monoisotopic (exact) mass is 394 g/mol. The maximum atomic E-state index is 12.6. The van der Waals surface area contributed by atoms with E-state index in [-0.39, 0.29) is 11.8 Å². The van der Waals surface area contributed by atoms with Crippen LogP contribution in [0.15, 0.2) is 48.7 Å². The van der Waals surface area contributed by atoms with E-state index in [1.165, 1.54) is 10.9 Å². The van der Waals surface area contributed by atoms with Crippen LogP contribution in [0.4, 0.5) is 0 Å². The first-order valence-electron chi connectivity index (χ1n) is 10.2. The van der Waals surface area contributed by atoms with Gasteiger partial charge in [0.15, 0.2) is 0 Å². The predicted molar refractivity (Wildman–Crippen MR) is 117 cm³/mol. The summed E-state index contributed by atoms with van der Waals surface area (Å²) < 4.78 is 10.6. The number of carbonyl (C=O) groups excluding carboxylic acids is 1. The summed E-state index contributed by atoms with van der Waals surface area (Å²) in [4.78, 5) is 16.1. The molecule has 3 aromatic rings. The van der Waals surface area contributed by atoms with E-state index in [1.54, 1.807) is 7.11 Å². The summed E-state index contributed by atoms with van der Waals surface area (Å²) in [6.45, 7) is 5.78. The van der Waals surface area contributed by atoms with E-state index in [9.17, 15) is 4.79 Å². The van der Waals surface area contributed by atoms with E-state index in [1.807, 2.05) is 25.3 Å². The number of amides is 1. The Bertz CT molecular complexity index is 931. The number of aromatic amines is 1. The Hall–Kier alpha value is -2.79. The molecule has 5 nitrogen and oxygen atoms in total. The van der Waals surface area contributed by atoms with Crippen molar-refractivity contribution in [3.63, 3.8) is 0 Å². The zero-order valence-corrected chi connectivity index (χ0v) is 17.5. The first-order valence-corrected chi connectivity index (χ1v) is 10.2. The van der Waals surface area contributed by atoms with Gasteiger partial charge in [-0.15, -0.1) is 0 Å². The van der Waals surface area contributed by atoms with E-state index < -0.39 is 0 Å². The van der Waals surface area contributed by atoms with E-state index in [4.69, 9.17) is 9.47 Å². The van der Waals surface area contributed by atoms with E-state index in [0.717, 1.165) is 28.8 Å². The molecule has 0 spiro atoms. The number of benzene rings is 2. The van der Waals surface area contributed by atoms with Crippen molar-refractivity contribution in [2.75, 3.05) is 26.9 Å². The van der Waals surface area contributed by atoms with Crippen LogP contribution in [0.5, 0.6) is 5.75 Å². The molecule has 0 saturated carbocycles. The summed E-state index contributed by atoms with van der Waals surface area (Å²) in [6, 6.07) is 14.4. The molecule has 0 fully saturated rings. The van der Waals surface area contributed by atoms with Gasteiger partial charge in [0.2, 0.25) is 5.91 Å². The minimum Gasteiger partial charge on any atom is -0.494 e. The second-order valence-electron chi connectivity index (χ2n) is 7.04. The third-order valence-corrected chi connectivity index (χ3v) is 5.20. The SMILES string of the molecule is CCOc1ccc(C(CC(=O)NCCOC)c2c[nH]c3c(CC)cccc23)cc1. The summed E-state index contributed by atoms with van der Waals surface area (Å²) >= 11 is 0. The van der Waals surface area contributed by atoms with Crippen molar-refractivity contribution < 1.29 is 14.3 Å². The second-order valence-corrected chi connectivity index (χ2v) is 7.04. The molecule has 5 heteroatoms. The molecule has 3 rings (SSSR count). The quantitative estimate of drug-likeness (QED) is 0.501. The lowest BCUT2D eigenvalue weighted by Gasteiger charge is -2.18. The first-order chi connectivity index (χ1) is 14.2. The van der Waals surface area contributed by atoms with Gasteiger partial charge in [0, 0.05) is 43.1 Å². The Morgan fingerprint density at radius 3 is 2.62 bits per heavy atom. The van der Waals surface area contributed by atoms with Crippen LogP contribution < -0.4 is 10.1 Å². The van der Waals surface area contributed by atoms with Gasteiger partial charge in [-0.25, -0.2) is 0 Å². The highest BCUT2D eigenvalue weighted by Crippen LogP contribution is 2.35. The fraction of sp³-hybridized carbons (Fsp3) is 0.375. The summed E-state index contributed by atoms with van der Waals surface area (Å²) in [5.74, 6) is 0.808. The molecule has 29 heavy (non-hydrogen) atoms. The van der Waals surface area contributed by atoms with Crippen LogP contribution in [0.3, 0.4) is 0 Å². The summed E-state index contributed by atoms with van der Waals surface area (Å²) in [6.07, 6.45) is 3.39. The number of H-pyrrole nitrogens is 1. The van der Waals surface area contributed by atoms with Crippen molar-refractivity contribution >= 4 is 16.8 Å². The third-order valence-electron chi connectivity index (χ3n) is 5.20. The normalized spacial score (nSPS) is 12.1. The highest BCUT2D eigenvalue weighted by molar-refractivity contribution is 5.88. The van der Waals surface area contributed by atoms with Gasteiger partial charge in [-0.05, 0) is 42.2 Å². The highest BCUT2D eigenvalue weighted by atomic mass is 16.5. The molecule has 0 aliphatic rings. The van der Waals surface area contributed by atoms with Crippen LogP contribution in [0.1, 0.15) is 42.9 Å². The smallest absolute Gasteiger partial charge is 0.221 e. The molecule has 0 bridgehead atoms. The van der Waals surface area contributed by atoms with Crippen LogP contribution in [-0.4, -0.2) is 37.8 Å². The number of nitrogens with one attached hydrogen (secondary N) is 2. The third kappa shape index (κ3) is 4.98. The highest BCUT2D eigenvalue weighted by Gasteiger charge is 2.22. The molecule has 1 heterocycles. The molecule has 0 saturated heterocycles. The Balaban J connectivity index is 1.95. The second kappa shape index (κ2) is 10.1. The van der Waals surface area contributed by atoms with Gasteiger partial charge < -0.3 is 19.8 Å². The fourth-order valence-electron chi connectivity index (χ4n) is 3.74. The zero-order chi connectivity index (χ0) is 20.6. The van der Waals surface area contributed by atoms with Gasteiger partial charge in [0.1, 0.15) is 5.75 Å². The summed E-state index contributed by atoms with van der Waals surface area (Å²) in [5, 5.41) is 4.12. The Morgan fingerprint density at radius 2 is 1.93 bits per heavy atom. The number of hydrogen-bond donors (Lipinski definition) is 2. The van der Waals surface area contributed by atoms with Crippen molar-refractivity contribution in [1.82, 2.24) is 10.3 Å². The molecule has 0 aliphatic heterocycles. The molecule has 1 amide bonds. The zero-order valence-electron chi connectivity index (χ0n) is 17.5. The average molecular weight is 395 g/mol. The summed E-state index contributed by atoms with van der Waals surface area (Å²) in [5.41, 5.74) is 4.67. The summed E-state index contributed by atoms with van der Waals surface area (Å²) in [7, 11) is 1.63. The van der Waals surface area contributed by atoms with Crippen LogP contribution in [0, 0.1) is 0 Å². The van der Waals surface area contributed by atoms with Crippen LogP contribution >= 0.6 is 0 Å². The maximum Gasteiger partial charge on any atom is 0.221 e. The van der Waals surface area contributed by atoms with E-state index in [0.29, 0.717) is 26.2 Å². The lowest BCUT2D eigenvalue weighted by Crippen LogP contribution is -2.28. The van der Waals surface area contributed by atoms with Gasteiger partial charge in [-0.2, -0.15) is 0 Å². The molecule has 0 radical (unpaired) electrons. The maximum absolute atomic E-state index is 12.6. The minimum atomic E-state index is -0.0472. The van der Waals surface area contributed by atoms with E-state index >= 15 is 0 Å². The van der Waals surface area contributed by atoms with Gasteiger partial charge >= 0.3 is 0 Å². The van der Waals surface area contributed by atoms with Crippen molar-refractivity contribution in [2.24, 2.45) is 0 Å². The van der Waals surface area contributed by atoms with Crippen molar-refractivity contribution in [1.29, 1.82) is 0 Å². The average Bonchev–Trinajstić information content (AvgIpc) is 3.17. The number of ether oxygens (including phenoxy) is 2. The van der Waals surface area contributed by atoms with Crippen molar-refractivity contribution in [3.8, 4) is 5.75 Å². The molecular formula is C24H30N2O3. The van der Waals surface area contributed by atoms with Crippen molar-refractivity contribution in [3.05, 3.63) is 65.4 Å².